The number of aryl methyl sites for hydroxylation is 1. The molecule has 0 heterocycles. The summed E-state index contributed by atoms with van der Waals surface area (Å²) in [7, 11) is 0. The summed E-state index contributed by atoms with van der Waals surface area (Å²) in [5.74, 6) is -3.09. The third-order valence-corrected chi connectivity index (χ3v) is 2.43. The summed E-state index contributed by atoms with van der Waals surface area (Å²) >= 11 is 5.52. The van der Waals surface area contributed by atoms with E-state index >= 15 is 0 Å². The Balaban J connectivity index is 3.27. The molecule has 0 aliphatic rings. The van der Waals surface area contributed by atoms with E-state index in [0.717, 1.165) is 6.07 Å². The number of ketones is 1. The van der Waals surface area contributed by atoms with Crippen LogP contribution in [0.5, 0.6) is 0 Å². The molecule has 1 rings (SSSR count). The van der Waals surface area contributed by atoms with Gasteiger partial charge < -0.3 is 0 Å². The van der Waals surface area contributed by atoms with E-state index in [2.05, 4.69) is 0 Å². The Labute approximate surface area is 94.0 Å². The monoisotopic (exact) mass is 254 g/mol. The molecular weight excluding hydrogens is 248 g/mol. The fourth-order valence-electron chi connectivity index (χ4n) is 1.20. The minimum atomic E-state index is -5.01. The van der Waals surface area contributed by atoms with E-state index < -0.39 is 23.3 Å². The molecule has 0 bridgehead atoms. The molecule has 0 unspecified atom stereocenters. The standard InChI is InChI=1S/C10H7ClF4O/c1-2-5-3-6(4-7(12)8(5)11)9(16)10(13,14)15/h3-4H,2H2,1H3. The minimum absolute atomic E-state index is 0.175. The van der Waals surface area contributed by atoms with Gasteiger partial charge in [-0.25, -0.2) is 4.39 Å². The maximum Gasteiger partial charge on any atom is 0.454 e. The van der Waals surface area contributed by atoms with Crippen molar-refractivity contribution in [2.75, 3.05) is 0 Å². The number of halogens is 5. The first-order chi connectivity index (χ1) is 7.27. The minimum Gasteiger partial charge on any atom is -0.284 e. The highest BCUT2D eigenvalue weighted by Crippen LogP contribution is 2.27. The lowest BCUT2D eigenvalue weighted by atomic mass is 10.0. The SMILES string of the molecule is CCc1cc(C(=O)C(F)(F)F)cc(F)c1Cl. The van der Waals surface area contributed by atoms with E-state index in [1.807, 2.05) is 0 Å². The zero-order valence-corrected chi connectivity index (χ0v) is 8.92. The van der Waals surface area contributed by atoms with Gasteiger partial charge in [0.15, 0.2) is 0 Å². The van der Waals surface area contributed by atoms with Crippen molar-refractivity contribution >= 4 is 17.4 Å². The van der Waals surface area contributed by atoms with Gasteiger partial charge >= 0.3 is 6.18 Å². The molecule has 0 aliphatic heterocycles. The van der Waals surface area contributed by atoms with Gasteiger partial charge in [0, 0.05) is 5.56 Å². The van der Waals surface area contributed by atoms with Gasteiger partial charge in [-0.2, -0.15) is 13.2 Å². The fraction of sp³-hybridized carbons (Fsp3) is 0.300. The summed E-state index contributed by atoms with van der Waals surface area (Å²) in [6, 6.07) is 1.46. The molecule has 6 heteroatoms. The quantitative estimate of drug-likeness (QED) is 0.580. The third kappa shape index (κ3) is 2.52. The molecule has 0 spiro atoms. The Morgan fingerprint density at radius 3 is 2.38 bits per heavy atom. The van der Waals surface area contributed by atoms with Crippen LogP contribution >= 0.6 is 11.6 Å². The smallest absolute Gasteiger partial charge is 0.284 e. The number of Topliss-reactive ketones (excluding diaryl/α,β-unsaturated/α-hetero) is 1. The van der Waals surface area contributed by atoms with E-state index in [1.165, 1.54) is 0 Å². The highest BCUT2D eigenvalue weighted by molar-refractivity contribution is 6.31. The number of hydrogen-bond donors (Lipinski definition) is 0. The maximum absolute atomic E-state index is 13.1. The van der Waals surface area contributed by atoms with Gasteiger partial charge in [-0.3, -0.25) is 4.79 Å². The van der Waals surface area contributed by atoms with Crippen molar-refractivity contribution in [3.8, 4) is 0 Å². The number of rotatable bonds is 2. The van der Waals surface area contributed by atoms with Gasteiger partial charge in [-0.15, -0.1) is 0 Å². The van der Waals surface area contributed by atoms with Gasteiger partial charge in [-0.1, -0.05) is 18.5 Å². The molecule has 0 radical (unpaired) electrons. The van der Waals surface area contributed by atoms with Gasteiger partial charge in [-0.05, 0) is 24.1 Å². The topological polar surface area (TPSA) is 17.1 Å². The molecule has 0 N–H and O–H groups in total. The van der Waals surface area contributed by atoms with E-state index in [9.17, 15) is 22.4 Å². The average Bonchev–Trinajstić information content (AvgIpc) is 2.19. The number of benzene rings is 1. The molecule has 0 atom stereocenters. The molecule has 16 heavy (non-hydrogen) atoms. The Hall–Kier alpha value is -1.10. The van der Waals surface area contributed by atoms with Crippen LogP contribution in [0.1, 0.15) is 22.8 Å². The van der Waals surface area contributed by atoms with Crippen LogP contribution in [-0.4, -0.2) is 12.0 Å². The van der Waals surface area contributed by atoms with Crippen molar-refractivity contribution in [2.24, 2.45) is 0 Å². The Morgan fingerprint density at radius 1 is 1.38 bits per heavy atom. The number of hydrogen-bond acceptors (Lipinski definition) is 1. The number of carbonyl (C=O) groups is 1. The van der Waals surface area contributed by atoms with Gasteiger partial charge in [0.1, 0.15) is 5.82 Å². The highest BCUT2D eigenvalue weighted by atomic mass is 35.5. The molecule has 0 saturated carbocycles. The summed E-state index contributed by atoms with van der Waals surface area (Å²) in [4.78, 5) is 10.9. The first-order valence-corrected chi connectivity index (χ1v) is 4.74. The molecule has 0 saturated heterocycles. The van der Waals surface area contributed by atoms with E-state index in [0.29, 0.717) is 6.07 Å². The van der Waals surface area contributed by atoms with Crippen LogP contribution in [0.25, 0.3) is 0 Å². The van der Waals surface area contributed by atoms with Crippen LogP contribution < -0.4 is 0 Å². The second-order valence-corrected chi connectivity index (χ2v) is 3.49. The summed E-state index contributed by atoms with van der Waals surface area (Å²) in [6.07, 6.45) is -4.76. The zero-order valence-electron chi connectivity index (χ0n) is 8.16. The number of alkyl halides is 3. The summed E-state index contributed by atoms with van der Waals surface area (Å²) in [5.41, 5.74) is -0.555. The maximum atomic E-state index is 13.1. The summed E-state index contributed by atoms with van der Waals surface area (Å²) in [5, 5.41) is -0.249. The van der Waals surface area contributed by atoms with Gasteiger partial charge in [0.25, 0.3) is 5.78 Å². The van der Waals surface area contributed by atoms with E-state index in [1.54, 1.807) is 6.92 Å². The Kier molecular flexibility index (Phi) is 3.57. The van der Waals surface area contributed by atoms with Crippen molar-refractivity contribution in [2.45, 2.75) is 19.5 Å². The summed E-state index contributed by atoms with van der Waals surface area (Å²) in [6.45, 7) is 1.60. The van der Waals surface area contributed by atoms with Crippen molar-refractivity contribution < 1.29 is 22.4 Å². The summed E-state index contributed by atoms with van der Waals surface area (Å²) < 4.78 is 49.4. The normalized spacial score (nSPS) is 11.6. The first kappa shape index (κ1) is 13.0. The second-order valence-electron chi connectivity index (χ2n) is 3.11. The van der Waals surface area contributed by atoms with Crippen molar-refractivity contribution in [3.63, 3.8) is 0 Å². The van der Waals surface area contributed by atoms with Crippen LogP contribution in [0.15, 0.2) is 12.1 Å². The van der Waals surface area contributed by atoms with Gasteiger partial charge in [0.05, 0.1) is 5.02 Å². The molecule has 1 nitrogen and oxygen atoms in total. The van der Waals surface area contributed by atoms with Crippen LogP contribution in [0.4, 0.5) is 17.6 Å². The highest BCUT2D eigenvalue weighted by Gasteiger charge is 2.39. The lowest BCUT2D eigenvalue weighted by molar-refractivity contribution is -0.0885. The van der Waals surface area contributed by atoms with Crippen LogP contribution in [0.2, 0.25) is 5.02 Å². The number of carbonyl (C=O) groups excluding carboxylic acids is 1. The zero-order chi connectivity index (χ0) is 12.5. The average molecular weight is 255 g/mol. The predicted octanol–water partition coefficient (Wildman–Crippen LogP) is 3.79. The molecule has 0 fully saturated rings. The molecule has 1 aromatic carbocycles. The molecule has 88 valence electrons. The van der Waals surface area contributed by atoms with Gasteiger partial charge in [0.2, 0.25) is 0 Å². The van der Waals surface area contributed by atoms with Crippen LogP contribution in [0, 0.1) is 5.82 Å². The molecule has 0 aromatic heterocycles. The predicted molar refractivity (Wildman–Crippen MR) is 51.2 cm³/mol. The third-order valence-electron chi connectivity index (χ3n) is 2.00. The van der Waals surface area contributed by atoms with E-state index in [-0.39, 0.29) is 17.0 Å². The molecule has 1 aromatic rings. The van der Waals surface area contributed by atoms with Crippen LogP contribution in [-0.2, 0) is 6.42 Å². The molecule has 0 aliphatic carbocycles. The largest absolute Gasteiger partial charge is 0.454 e. The molecular formula is C10H7ClF4O. The van der Waals surface area contributed by atoms with E-state index in [4.69, 9.17) is 11.6 Å². The lowest BCUT2D eigenvalue weighted by Gasteiger charge is -2.08. The fourth-order valence-corrected chi connectivity index (χ4v) is 1.44. The Morgan fingerprint density at radius 2 is 1.94 bits per heavy atom. The molecule has 0 amide bonds. The van der Waals surface area contributed by atoms with Crippen molar-refractivity contribution in [1.82, 2.24) is 0 Å². The Bertz CT molecular complexity index is 426. The van der Waals surface area contributed by atoms with Crippen molar-refractivity contribution in [3.05, 3.63) is 34.1 Å². The van der Waals surface area contributed by atoms with Crippen LogP contribution in [0.3, 0.4) is 0 Å². The van der Waals surface area contributed by atoms with Crippen molar-refractivity contribution in [1.29, 1.82) is 0 Å². The second kappa shape index (κ2) is 4.41. The first-order valence-electron chi connectivity index (χ1n) is 4.36. The lowest BCUT2D eigenvalue weighted by Crippen LogP contribution is -2.23.